The van der Waals surface area contributed by atoms with Crippen LogP contribution in [0, 0.1) is 0 Å². The average molecular weight is 294 g/mol. The summed E-state index contributed by atoms with van der Waals surface area (Å²) in [5.74, 6) is 1.61. The molecule has 0 bridgehead atoms. The monoisotopic (exact) mass is 294 g/mol. The molecule has 5 heteroatoms. The van der Waals surface area contributed by atoms with Crippen molar-refractivity contribution >= 4 is 0 Å². The van der Waals surface area contributed by atoms with Crippen LogP contribution in [0.15, 0.2) is 18.2 Å². The van der Waals surface area contributed by atoms with E-state index in [0.29, 0.717) is 6.54 Å². The molecular formula is C16H26N2O3. The Labute approximate surface area is 127 Å². The van der Waals surface area contributed by atoms with Crippen molar-refractivity contribution in [1.82, 2.24) is 4.90 Å². The molecule has 21 heavy (non-hydrogen) atoms. The Morgan fingerprint density at radius 2 is 2.14 bits per heavy atom. The minimum Gasteiger partial charge on any atom is -0.497 e. The van der Waals surface area contributed by atoms with Crippen LogP contribution in [0.1, 0.15) is 24.9 Å². The fourth-order valence-electron chi connectivity index (χ4n) is 2.98. The fraction of sp³-hybridized carbons (Fsp3) is 0.625. The van der Waals surface area contributed by atoms with Crippen LogP contribution >= 0.6 is 0 Å². The number of nitrogens with two attached hydrogens (primary N) is 1. The van der Waals surface area contributed by atoms with Crippen LogP contribution in [0.3, 0.4) is 0 Å². The maximum absolute atomic E-state index is 5.92. The summed E-state index contributed by atoms with van der Waals surface area (Å²) in [4.78, 5) is 2.44. The van der Waals surface area contributed by atoms with Gasteiger partial charge in [0.25, 0.3) is 0 Å². The summed E-state index contributed by atoms with van der Waals surface area (Å²) in [7, 11) is 3.34. The van der Waals surface area contributed by atoms with E-state index in [1.165, 1.54) is 0 Å². The second-order valence-corrected chi connectivity index (χ2v) is 5.23. The first-order valence-electron chi connectivity index (χ1n) is 7.52. The van der Waals surface area contributed by atoms with Crippen molar-refractivity contribution < 1.29 is 14.2 Å². The van der Waals surface area contributed by atoms with Crippen LogP contribution in [-0.2, 0) is 4.74 Å². The van der Waals surface area contributed by atoms with Crippen LogP contribution in [0.4, 0.5) is 0 Å². The van der Waals surface area contributed by atoms with Gasteiger partial charge in [0.05, 0.1) is 33.0 Å². The van der Waals surface area contributed by atoms with Crippen molar-refractivity contribution in [3.8, 4) is 11.5 Å². The van der Waals surface area contributed by atoms with Gasteiger partial charge in [-0.15, -0.1) is 0 Å². The zero-order chi connectivity index (χ0) is 15.2. The molecule has 2 atom stereocenters. The number of hydrogen-bond donors (Lipinski definition) is 1. The minimum atomic E-state index is -0.00686. The van der Waals surface area contributed by atoms with Gasteiger partial charge in [0, 0.05) is 24.7 Å². The molecule has 0 radical (unpaired) electrons. The Hall–Kier alpha value is -1.30. The molecule has 118 valence electrons. The molecule has 1 heterocycles. The van der Waals surface area contributed by atoms with E-state index in [-0.39, 0.29) is 12.1 Å². The van der Waals surface area contributed by atoms with E-state index in [9.17, 15) is 0 Å². The van der Waals surface area contributed by atoms with E-state index < -0.39 is 0 Å². The van der Waals surface area contributed by atoms with Crippen LogP contribution < -0.4 is 15.2 Å². The Morgan fingerprint density at radius 3 is 2.76 bits per heavy atom. The molecule has 1 aliphatic rings. The van der Waals surface area contributed by atoms with Crippen molar-refractivity contribution in [2.24, 2.45) is 5.73 Å². The highest BCUT2D eigenvalue weighted by Gasteiger charge is 2.34. The summed E-state index contributed by atoms with van der Waals surface area (Å²) in [6, 6.07) is 6.07. The Morgan fingerprint density at radius 1 is 1.33 bits per heavy atom. The van der Waals surface area contributed by atoms with Gasteiger partial charge in [0.2, 0.25) is 0 Å². The molecular weight excluding hydrogens is 268 g/mol. The molecule has 0 amide bonds. The summed E-state index contributed by atoms with van der Waals surface area (Å²) in [5, 5.41) is 0. The lowest BCUT2D eigenvalue weighted by molar-refractivity contribution is -0.0682. The van der Waals surface area contributed by atoms with Gasteiger partial charge in [0.15, 0.2) is 0 Å². The number of morpholine rings is 1. The molecule has 1 aromatic rings. The maximum atomic E-state index is 5.92. The Kier molecular flexibility index (Phi) is 5.85. The highest BCUT2D eigenvalue weighted by Crippen LogP contribution is 2.37. The average Bonchev–Trinajstić information content (AvgIpc) is 2.54. The molecule has 0 spiro atoms. The first-order valence-corrected chi connectivity index (χ1v) is 7.52. The largest absolute Gasteiger partial charge is 0.497 e. The molecule has 2 unspecified atom stereocenters. The number of rotatable bonds is 6. The van der Waals surface area contributed by atoms with Crippen molar-refractivity contribution in [3.63, 3.8) is 0 Å². The fourth-order valence-corrected chi connectivity index (χ4v) is 2.98. The van der Waals surface area contributed by atoms with Crippen LogP contribution in [0.25, 0.3) is 0 Å². The van der Waals surface area contributed by atoms with Gasteiger partial charge in [-0.3, -0.25) is 4.90 Å². The van der Waals surface area contributed by atoms with Gasteiger partial charge in [-0.2, -0.15) is 0 Å². The third kappa shape index (κ3) is 3.48. The van der Waals surface area contributed by atoms with Crippen LogP contribution in [0.5, 0.6) is 11.5 Å². The summed E-state index contributed by atoms with van der Waals surface area (Å²) >= 11 is 0. The summed E-state index contributed by atoms with van der Waals surface area (Å²) in [5.41, 5.74) is 7.03. The van der Waals surface area contributed by atoms with Crippen molar-refractivity contribution in [2.45, 2.75) is 25.5 Å². The second kappa shape index (κ2) is 7.64. The lowest BCUT2D eigenvalue weighted by atomic mass is 9.96. The first-order chi connectivity index (χ1) is 10.2. The van der Waals surface area contributed by atoms with E-state index in [0.717, 1.165) is 43.2 Å². The topological polar surface area (TPSA) is 57.0 Å². The molecule has 1 saturated heterocycles. The molecule has 0 aliphatic carbocycles. The predicted molar refractivity (Wildman–Crippen MR) is 82.9 cm³/mol. The Balaban J connectivity index is 2.37. The minimum absolute atomic E-state index is 0.00686. The highest BCUT2D eigenvalue weighted by molar-refractivity contribution is 5.43. The third-order valence-electron chi connectivity index (χ3n) is 3.96. The summed E-state index contributed by atoms with van der Waals surface area (Å²) in [6.07, 6.45) is 1.10. The quantitative estimate of drug-likeness (QED) is 0.867. The summed E-state index contributed by atoms with van der Waals surface area (Å²) in [6.45, 7) is 5.37. The van der Waals surface area contributed by atoms with E-state index in [1.807, 2.05) is 12.1 Å². The van der Waals surface area contributed by atoms with E-state index in [2.05, 4.69) is 17.9 Å². The Bertz CT molecular complexity index is 451. The van der Waals surface area contributed by atoms with Gasteiger partial charge in [0.1, 0.15) is 11.5 Å². The van der Waals surface area contributed by atoms with Gasteiger partial charge >= 0.3 is 0 Å². The molecule has 5 nitrogen and oxygen atoms in total. The predicted octanol–water partition coefficient (Wildman–Crippen LogP) is 1.81. The van der Waals surface area contributed by atoms with Gasteiger partial charge < -0.3 is 19.9 Å². The molecule has 2 rings (SSSR count). The van der Waals surface area contributed by atoms with E-state index >= 15 is 0 Å². The second-order valence-electron chi connectivity index (χ2n) is 5.23. The highest BCUT2D eigenvalue weighted by atomic mass is 16.5. The van der Waals surface area contributed by atoms with Crippen molar-refractivity contribution in [2.75, 3.05) is 40.5 Å². The normalized spacial score (nSPS) is 23.0. The smallest absolute Gasteiger partial charge is 0.127 e. The lowest BCUT2D eigenvalue weighted by Crippen LogP contribution is -2.48. The maximum Gasteiger partial charge on any atom is 0.127 e. The van der Waals surface area contributed by atoms with Crippen molar-refractivity contribution in [3.05, 3.63) is 23.8 Å². The number of ether oxygens (including phenoxy) is 3. The van der Waals surface area contributed by atoms with Gasteiger partial charge in [-0.05, 0) is 25.1 Å². The number of benzene rings is 1. The molecule has 2 N–H and O–H groups in total. The number of nitrogens with zero attached hydrogens (tertiary/aromatic N) is 1. The van der Waals surface area contributed by atoms with Crippen LogP contribution in [0.2, 0.25) is 0 Å². The standard InChI is InChI=1S/C16H26N2O3/c1-4-7-18-8-9-21-15(11-17)16(18)13-6-5-12(19-2)10-14(13)20-3/h5-6,10,15-16H,4,7-9,11,17H2,1-3H3. The van der Waals surface area contributed by atoms with Crippen LogP contribution in [-0.4, -0.2) is 51.5 Å². The zero-order valence-electron chi connectivity index (χ0n) is 13.2. The van der Waals surface area contributed by atoms with E-state index in [1.54, 1.807) is 14.2 Å². The summed E-state index contributed by atoms with van der Waals surface area (Å²) < 4.78 is 16.7. The zero-order valence-corrected chi connectivity index (χ0v) is 13.2. The molecule has 1 aromatic carbocycles. The lowest BCUT2D eigenvalue weighted by Gasteiger charge is -2.41. The molecule has 1 fully saturated rings. The third-order valence-corrected chi connectivity index (χ3v) is 3.96. The first kappa shape index (κ1) is 16.1. The van der Waals surface area contributed by atoms with Gasteiger partial charge in [-0.25, -0.2) is 0 Å². The molecule has 0 aromatic heterocycles. The molecule has 0 saturated carbocycles. The number of hydrogen-bond acceptors (Lipinski definition) is 5. The SMILES string of the molecule is CCCN1CCOC(CN)C1c1ccc(OC)cc1OC. The molecule has 1 aliphatic heterocycles. The van der Waals surface area contributed by atoms with Gasteiger partial charge in [-0.1, -0.05) is 6.92 Å². The van der Waals surface area contributed by atoms with E-state index in [4.69, 9.17) is 19.9 Å². The van der Waals surface area contributed by atoms with Crippen molar-refractivity contribution in [1.29, 1.82) is 0 Å². The number of methoxy groups -OCH3 is 2.